The second-order valence-electron chi connectivity index (χ2n) is 6.64. The molecule has 0 saturated carbocycles. The number of nitrogens with one attached hydrogen (secondary N) is 1. The van der Waals surface area contributed by atoms with E-state index in [0.29, 0.717) is 0 Å². The number of aromatic nitrogens is 2. The normalized spacial score (nSPS) is 11.8. The average Bonchev–Trinajstić information content (AvgIpc) is 3.14. The minimum Gasteiger partial charge on any atom is -0.345 e. The molecule has 1 N–H and O–H groups in total. The zero-order valence-electron chi connectivity index (χ0n) is 16.3. The van der Waals surface area contributed by atoms with Crippen LogP contribution in [0.1, 0.15) is 38.7 Å². The van der Waals surface area contributed by atoms with Crippen molar-refractivity contribution in [3.05, 3.63) is 78.6 Å². The molecular weight excluding hydrogens is 475 g/mol. The molecule has 0 bridgehead atoms. The van der Waals surface area contributed by atoms with Gasteiger partial charge in [-0.25, -0.2) is 4.39 Å². The minimum absolute atomic E-state index is 0.0548. The van der Waals surface area contributed by atoms with Crippen molar-refractivity contribution in [1.29, 1.82) is 0 Å². The highest BCUT2D eigenvalue weighted by molar-refractivity contribution is 9.11. The summed E-state index contributed by atoms with van der Waals surface area (Å²) < 4.78 is 16.7. The van der Waals surface area contributed by atoms with Crippen LogP contribution in [0.4, 0.5) is 4.39 Å². The summed E-state index contributed by atoms with van der Waals surface area (Å²) in [5.41, 5.74) is -1.09. The van der Waals surface area contributed by atoms with E-state index >= 15 is 0 Å². The maximum Gasteiger partial charge on any atom is 0.272 e. The predicted molar refractivity (Wildman–Crippen MR) is 116 cm³/mol. The van der Waals surface area contributed by atoms with Gasteiger partial charge in [0, 0.05) is 25.0 Å². The molecule has 0 fully saturated rings. The fraction of sp³-hybridized carbons (Fsp3) is 0.200. The van der Waals surface area contributed by atoms with Gasteiger partial charge >= 0.3 is 0 Å². The smallest absolute Gasteiger partial charge is 0.272 e. The Bertz CT molecular complexity index is 1170. The molecule has 0 aliphatic carbocycles. The number of halogens is 2. The van der Waals surface area contributed by atoms with Gasteiger partial charge in [-0.2, -0.15) is 9.78 Å². The van der Waals surface area contributed by atoms with Gasteiger partial charge in [-0.15, -0.1) is 11.3 Å². The third-order valence-corrected chi connectivity index (χ3v) is 6.05. The summed E-state index contributed by atoms with van der Waals surface area (Å²) >= 11 is 4.86. The van der Waals surface area contributed by atoms with Crippen LogP contribution in [0, 0.1) is 5.82 Å². The Labute approximate surface area is 184 Å². The summed E-state index contributed by atoms with van der Waals surface area (Å²) in [7, 11) is 2.99. The van der Waals surface area contributed by atoms with E-state index in [1.165, 1.54) is 54.6 Å². The molecule has 0 aliphatic rings. The van der Waals surface area contributed by atoms with Crippen molar-refractivity contribution in [2.45, 2.75) is 13.0 Å². The largest absolute Gasteiger partial charge is 0.345 e. The quantitative estimate of drug-likeness (QED) is 0.591. The van der Waals surface area contributed by atoms with Crippen molar-refractivity contribution < 1.29 is 14.0 Å². The molecule has 30 heavy (non-hydrogen) atoms. The van der Waals surface area contributed by atoms with Crippen molar-refractivity contribution in [2.75, 3.05) is 14.1 Å². The molecule has 0 spiro atoms. The highest BCUT2D eigenvalue weighted by Crippen LogP contribution is 2.27. The first-order valence-corrected chi connectivity index (χ1v) is 10.5. The van der Waals surface area contributed by atoms with Crippen molar-refractivity contribution in [1.82, 2.24) is 20.0 Å². The van der Waals surface area contributed by atoms with Gasteiger partial charge in [0.25, 0.3) is 17.4 Å². The van der Waals surface area contributed by atoms with E-state index in [9.17, 15) is 18.8 Å². The third-order valence-electron chi connectivity index (χ3n) is 4.24. The second-order valence-corrected chi connectivity index (χ2v) is 9.14. The first-order valence-electron chi connectivity index (χ1n) is 8.86. The van der Waals surface area contributed by atoms with E-state index in [-0.39, 0.29) is 23.0 Å². The van der Waals surface area contributed by atoms with E-state index in [2.05, 4.69) is 26.3 Å². The van der Waals surface area contributed by atoms with E-state index in [1.54, 1.807) is 0 Å². The number of amides is 2. The molecule has 1 atom stereocenters. The SMILES string of the molecule is CC(NC(=O)c1ccc(=O)n(-c2cccc(C(=O)N(C)C)c2F)n1)c1ccc(Br)s1. The summed E-state index contributed by atoms with van der Waals surface area (Å²) in [6.07, 6.45) is 0. The standard InChI is InChI=1S/C20H18BrFN4O3S/c1-11(15-8-9-16(21)30-15)23-19(28)13-7-10-17(27)26(24-13)14-6-4-5-12(18(14)22)20(29)25(2)3/h4-11H,1-3H3,(H,23,28). The lowest BCUT2D eigenvalue weighted by molar-refractivity contribution is 0.0822. The second kappa shape index (κ2) is 8.88. The van der Waals surface area contributed by atoms with Gasteiger partial charge in [0.15, 0.2) is 5.82 Å². The minimum atomic E-state index is -0.889. The molecule has 0 aliphatic heterocycles. The van der Waals surface area contributed by atoms with Crippen LogP contribution in [-0.4, -0.2) is 40.6 Å². The van der Waals surface area contributed by atoms with Crippen molar-refractivity contribution in [2.24, 2.45) is 0 Å². The Morgan fingerprint density at radius 2 is 1.93 bits per heavy atom. The van der Waals surface area contributed by atoms with E-state index in [0.717, 1.165) is 19.4 Å². The number of hydrogen-bond acceptors (Lipinski definition) is 5. The Morgan fingerprint density at radius 3 is 2.57 bits per heavy atom. The summed E-state index contributed by atoms with van der Waals surface area (Å²) in [6.45, 7) is 1.82. The van der Waals surface area contributed by atoms with Crippen LogP contribution in [0.2, 0.25) is 0 Å². The molecule has 1 unspecified atom stereocenters. The van der Waals surface area contributed by atoms with Gasteiger partial charge in [0.05, 0.1) is 15.4 Å². The zero-order valence-corrected chi connectivity index (χ0v) is 18.8. The fourth-order valence-corrected chi connectivity index (χ4v) is 4.12. The molecular formula is C20H18BrFN4O3S. The van der Waals surface area contributed by atoms with Crippen LogP contribution in [0.5, 0.6) is 0 Å². The Hall–Kier alpha value is -2.85. The topological polar surface area (TPSA) is 84.3 Å². The molecule has 3 aromatic rings. The fourth-order valence-electron chi connectivity index (χ4n) is 2.70. The monoisotopic (exact) mass is 492 g/mol. The first-order chi connectivity index (χ1) is 14.2. The molecule has 7 nitrogen and oxygen atoms in total. The first kappa shape index (κ1) is 21.8. The summed E-state index contributed by atoms with van der Waals surface area (Å²) in [5, 5.41) is 6.82. The van der Waals surface area contributed by atoms with Crippen LogP contribution in [-0.2, 0) is 0 Å². The van der Waals surface area contributed by atoms with E-state index < -0.39 is 23.2 Å². The number of carbonyl (C=O) groups excluding carboxylic acids is 2. The van der Waals surface area contributed by atoms with Crippen LogP contribution in [0.15, 0.2) is 51.0 Å². The Morgan fingerprint density at radius 1 is 1.20 bits per heavy atom. The van der Waals surface area contributed by atoms with Gasteiger partial charge in [-0.3, -0.25) is 14.4 Å². The maximum atomic E-state index is 15.0. The molecule has 2 aromatic heterocycles. The number of nitrogens with zero attached hydrogens (tertiary/aromatic N) is 3. The summed E-state index contributed by atoms with van der Waals surface area (Å²) in [4.78, 5) is 39.3. The highest BCUT2D eigenvalue weighted by atomic mass is 79.9. The maximum absolute atomic E-state index is 15.0. The molecule has 2 heterocycles. The molecule has 156 valence electrons. The molecule has 10 heteroatoms. The number of hydrogen-bond donors (Lipinski definition) is 1. The molecule has 3 rings (SSSR count). The van der Waals surface area contributed by atoms with Crippen LogP contribution in [0.25, 0.3) is 5.69 Å². The number of carbonyl (C=O) groups is 2. The molecule has 0 radical (unpaired) electrons. The zero-order chi connectivity index (χ0) is 22.0. The van der Waals surface area contributed by atoms with Gasteiger partial charge in [-0.05, 0) is 53.2 Å². The van der Waals surface area contributed by atoms with Crippen molar-refractivity contribution >= 4 is 39.1 Å². The molecule has 0 saturated heterocycles. The molecule has 1 aromatic carbocycles. The van der Waals surface area contributed by atoms with Gasteiger partial charge < -0.3 is 10.2 Å². The summed E-state index contributed by atoms with van der Waals surface area (Å²) in [6, 6.07) is 9.99. The van der Waals surface area contributed by atoms with Crippen molar-refractivity contribution in [3.8, 4) is 5.69 Å². The lowest BCUT2D eigenvalue weighted by atomic mass is 10.1. The Balaban J connectivity index is 1.94. The molecule has 2 amide bonds. The number of benzene rings is 1. The Kier molecular flexibility index (Phi) is 6.47. The lowest BCUT2D eigenvalue weighted by Gasteiger charge is -2.14. The van der Waals surface area contributed by atoms with Crippen LogP contribution < -0.4 is 10.9 Å². The van der Waals surface area contributed by atoms with Crippen molar-refractivity contribution in [3.63, 3.8) is 0 Å². The van der Waals surface area contributed by atoms with Crippen LogP contribution in [0.3, 0.4) is 0 Å². The van der Waals surface area contributed by atoms with Gasteiger partial charge in [-0.1, -0.05) is 6.07 Å². The summed E-state index contributed by atoms with van der Waals surface area (Å²) in [5.74, 6) is -1.95. The average molecular weight is 493 g/mol. The number of rotatable bonds is 5. The van der Waals surface area contributed by atoms with E-state index in [4.69, 9.17) is 0 Å². The number of thiophene rings is 1. The highest BCUT2D eigenvalue weighted by Gasteiger charge is 2.20. The predicted octanol–water partition coefficient (Wildman–Crippen LogP) is 3.39. The van der Waals surface area contributed by atoms with Gasteiger partial charge in [0.2, 0.25) is 0 Å². The lowest BCUT2D eigenvalue weighted by Crippen LogP contribution is -2.31. The van der Waals surface area contributed by atoms with Gasteiger partial charge in [0.1, 0.15) is 11.4 Å². The third kappa shape index (κ3) is 4.49. The van der Waals surface area contributed by atoms with Crippen LogP contribution >= 0.6 is 27.3 Å². The van der Waals surface area contributed by atoms with E-state index in [1.807, 2.05) is 19.1 Å².